The molecule has 0 heterocycles. The number of nitrogens with zero attached hydrogens (tertiary/aromatic N) is 1. The minimum absolute atomic E-state index is 0.0000151. The molecule has 0 N–H and O–H groups in total. The van der Waals surface area contributed by atoms with E-state index in [0.29, 0.717) is 0 Å². The molecule has 4 nitrogen and oxygen atoms in total. The van der Waals surface area contributed by atoms with Crippen LogP contribution in [0.4, 0.5) is 0 Å². The van der Waals surface area contributed by atoms with Crippen LogP contribution >= 0.6 is 0 Å². The first kappa shape index (κ1) is 14.7. The van der Waals surface area contributed by atoms with Crippen LogP contribution in [0.2, 0.25) is 0 Å². The van der Waals surface area contributed by atoms with Gasteiger partial charge in [-0.15, -0.1) is 0 Å². The van der Waals surface area contributed by atoms with Gasteiger partial charge in [0.2, 0.25) is 0 Å². The first-order valence-corrected chi connectivity index (χ1v) is 7.33. The zero-order valence-electron chi connectivity index (χ0n) is 11.0. The summed E-state index contributed by atoms with van der Waals surface area (Å²) in [5.41, 5.74) is 1.97. The van der Waals surface area contributed by atoms with Crippen molar-refractivity contribution < 1.29 is 12.6 Å². The standard InChI is InChI=1S/C13H17NO3S/c1-10-5-6-12(13(2,3)9-14)7-11(10)8-17-18(4,15)16/h5-7H,8H2,1-4H3. The predicted octanol–water partition coefficient (Wildman–Crippen LogP) is 2.27. The minimum Gasteiger partial charge on any atom is -0.265 e. The summed E-state index contributed by atoms with van der Waals surface area (Å²) in [6.07, 6.45) is 1.02. The number of rotatable bonds is 4. The van der Waals surface area contributed by atoms with Gasteiger partial charge in [0.25, 0.3) is 10.1 Å². The van der Waals surface area contributed by atoms with Crippen molar-refractivity contribution in [2.45, 2.75) is 32.8 Å². The molecular weight excluding hydrogens is 250 g/mol. The third-order valence-corrected chi connectivity index (χ3v) is 3.32. The maximum atomic E-state index is 11.0. The number of hydrogen-bond donors (Lipinski definition) is 0. The molecule has 1 aromatic rings. The molecule has 0 fully saturated rings. The average Bonchev–Trinajstić information content (AvgIpc) is 2.26. The van der Waals surface area contributed by atoms with Gasteiger partial charge in [-0.25, -0.2) is 0 Å². The van der Waals surface area contributed by atoms with Crippen LogP contribution in [-0.2, 0) is 26.3 Å². The topological polar surface area (TPSA) is 67.2 Å². The molecule has 0 bridgehead atoms. The van der Waals surface area contributed by atoms with Gasteiger partial charge in [-0.05, 0) is 37.5 Å². The van der Waals surface area contributed by atoms with Gasteiger partial charge in [0.15, 0.2) is 0 Å². The van der Waals surface area contributed by atoms with Gasteiger partial charge in [0, 0.05) is 0 Å². The van der Waals surface area contributed by atoms with Crippen molar-refractivity contribution in [1.82, 2.24) is 0 Å². The van der Waals surface area contributed by atoms with Gasteiger partial charge in [0.1, 0.15) is 0 Å². The lowest BCUT2D eigenvalue weighted by atomic mass is 9.85. The Morgan fingerprint density at radius 1 is 1.39 bits per heavy atom. The molecule has 0 saturated carbocycles. The molecule has 5 heteroatoms. The average molecular weight is 267 g/mol. The highest BCUT2D eigenvalue weighted by Gasteiger charge is 2.20. The molecule has 0 atom stereocenters. The molecule has 1 aromatic carbocycles. The van der Waals surface area contributed by atoms with E-state index in [4.69, 9.17) is 9.44 Å². The second-order valence-corrected chi connectivity index (χ2v) is 6.49. The Morgan fingerprint density at radius 3 is 2.50 bits per heavy atom. The summed E-state index contributed by atoms with van der Waals surface area (Å²) in [6.45, 7) is 5.52. The van der Waals surface area contributed by atoms with Crippen molar-refractivity contribution in [2.24, 2.45) is 0 Å². The Bertz CT molecular complexity index is 583. The predicted molar refractivity (Wildman–Crippen MR) is 69.5 cm³/mol. The van der Waals surface area contributed by atoms with E-state index in [1.54, 1.807) is 0 Å². The molecule has 0 aliphatic heterocycles. The van der Waals surface area contributed by atoms with Crippen molar-refractivity contribution in [1.29, 1.82) is 5.26 Å². The molecule has 0 amide bonds. The summed E-state index contributed by atoms with van der Waals surface area (Å²) < 4.78 is 26.7. The van der Waals surface area contributed by atoms with E-state index in [1.165, 1.54) is 0 Å². The number of nitriles is 1. The minimum atomic E-state index is -3.46. The smallest absolute Gasteiger partial charge is 0.264 e. The number of aryl methyl sites for hydroxylation is 1. The van der Waals surface area contributed by atoms with Crippen molar-refractivity contribution in [3.63, 3.8) is 0 Å². The van der Waals surface area contributed by atoms with Crippen molar-refractivity contribution in [2.75, 3.05) is 6.26 Å². The Morgan fingerprint density at radius 2 is 2.00 bits per heavy atom. The highest BCUT2D eigenvalue weighted by Crippen LogP contribution is 2.25. The van der Waals surface area contributed by atoms with Gasteiger partial charge >= 0.3 is 0 Å². The van der Waals surface area contributed by atoms with Crippen LogP contribution in [0.5, 0.6) is 0 Å². The summed E-state index contributed by atoms with van der Waals surface area (Å²) >= 11 is 0. The fourth-order valence-corrected chi connectivity index (χ4v) is 1.79. The molecule has 1 rings (SSSR count). The van der Waals surface area contributed by atoms with Crippen molar-refractivity contribution >= 4 is 10.1 Å². The van der Waals surface area contributed by atoms with E-state index in [0.717, 1.165) is 22.9 Å². The van der Waals surface area contributed by atoms with Crippen LogP contribution in [-0.4, -0.2) is 14.7 Å². The normalized spacial score (nSPS) is 12.2. The Hall–Kier alpha value is -1.38. The van der Waals surface area contributed by atoms with Crippen LogP contribution in [0.3, 0.4) is 0 Å². The highest BCUT2D eigenvalue weighted by atomic mass is 32.2. The number of benzene rings is 1. The summed E-state index contributed by atoms with van der Waals surface area (Å²) in [6, 6.07) is 7.79. The zero-order chi connectivity index (χ0) is 14.0. The summed E-state index contributed by atoms with van der Waals surface area (Å²) in [5, 5.41) is 9.09. The molecule has 0 saturated heterocycles. The largest absolute Gasteiger partial charge is 0.265 e. The third-order valence-electron chi connectivity index (χ3n) is 2.78. The third kappa shape index (κ3) is 3.83. The molecule has 0 radical (unpaired) electrons. The van der Waals surface area contributed by atoms with Gasteiger partial charge in [0.05, 0.1) is 24.3 Å². The lowest BCUT2D eigenvalue weighted by Crippen LogP contribution is -2.14. The first-order chi connectivity index (χ1) is 8.15. The zero-order valence-corrected chi connectivity index (χ0v) is 11.8. The van der Waals surface area contributed by atoms with Crippen molar-refractivity contribution in [3.05, 3.63) is 34.9 Å². The lowest BCUT2D eigenvalue weighted by Gasteiger charge is -2.17. The number of hydrogen-bond acceptors (Lipinski definition) is 4. The van der Waals surface area contributed by atoms with Crippen LogP contribution in [0, 0.1) is 18.3 Å². The van der Waals surface area contributed by atoms with E-state index in [1.807, 2.05) is 39.0 Å². The van der Waals surface area contributed by atoms with Gasteiger partial charge in [-0.3, -0.25) is 4.18 Å². The van der Waals surface area contributed by atoms with Crippen LogP contribution in [0.15, 0.2) is 18.2 Å². The Balaban J connectivity index is 3.07. The van der Waals surface area contributed by atoms with E-state index >= 15 is 0 Å². The molecule has 0 spiro atoms. The molecule has 18 heavy (non-hydrogen) atoms. The Labute approximate surface area is 108 Å². The van der Waals surface area contributed by atoms with Crippen molar-refractivity contribution in [3.8, 4) is 6.07 Å². The van der Waals surface area contributed by atoms with E-state index in [-0.39, 0.29) is 6.61 Å². The fraction of sp³-hybridized carbons (Fsp3) is 0.462. The highest BCUT2D eigenvalue weighted by molar-refractivity contribution is 7.85. The molecule has 0 aliphatic rings. The fourth-order valence-electron chi connectivity index (χ4n) is 1.45. The van der Waals surface area contributed by atoms with Crippen LogP contribution < -0.4 is 0 Å². The molecule has 0 aliphatic carbocycles. The lowest BCUT2D eigenvalue weighted by molar-refractivity contribution is 0.311. The molecular formula is C13H17NO3S. The van der Waals surface area contributed by atoms with Gasteiger partial charge < -0.3 is 0 Å². The summed E-state index contributed by atoms with van der Waals surface area (Å²) in [5.74, 6) is 0. The molecule has 0 aromatic heterocycles. The summed E-state index contributed by atoms with van der Waals surface area (Å²) in [4.78, 5) is 0. The SMILES string of the molecule is Cc1ccc(C(C)(C)C#N)cc1COS(C)(=O)=O. The first-order valence-electron chi connectivity index (χ1n) is 5.51. The van der Waals surface area contributed by atoms with E-state index in [9.17, 15) is 8.42 Å². The summed E-state index contributed by atoms with van der Waals surface area (Å²) in [7, 11) is -3.46. The van der Waals surface area contributed by atoms with Gasteiger partial charge in [-0.2, -0.15) is 13.7 Å². The van der Waals surface area contributed by atoms with Crippen LogP contribution in [0.1, 0.15) is 30.5 Å². The second kappa shape index (κ2) is 5.09. The quantitative estimate of drug-likeness (QED) is 0.785. The van der Waals surface area contributed by atoms with E-state index < -0.39 is 15.5 Å². The molecule has 0 unspecified atom stereocenters. The second-order valence-electron chi connectivity index (χ2n) is 4.84. The maximum Gasteiger partial charge on any atom is 0.264 e. The van der Waals surface area contributed by atoms with E-state index in [2.05, 4.69) is 6.07 Å². The Kier molecular flexibility index (Phi) is 4.15. The molecule has 98 valence electrons. The van der Waals surface area contributed by atoms with Gasteiger partial charge in [-0.1, -0.05) is 18.2 Å². The monoisotopic (exact) mass is 267 g/mol. The maximum absolute atomic E-state index is 11.0. The van der Waals surface area contributed by atoms with Crippen LogP contribution in [0.25, 0.3) is 0 Å².